The average molecular weight is 371 g/mol. The molecule has 0 aliphatic carbocycles. The molecule has 0 aliphatic heterocycles. The lowest BCUT2D eigenvalue weighted by Gasteiger charge is -2.16. The molecule has 0 fully saturated rings. The molecule has 0 N–H and O–H groups in total. The van der Waals surface area contributed by atoms with Crippen molar-refractivity contribution in [1.29, 1.82) is 0 Å². The van der Waals surface area contributed by atoms with Crippen LogP contribution in [0, 0.1) is 0 Å². The first-order valence-electron chi connectivity index (χ1n) is 8.25. The molecule has 1 atom stereocenters. The van der Waals surface area contributed by atoms with Crippen LogP contribution in [0.3, 0.4) is 0 Å². The number of thioether (sulfide) groups is 1. The molecule has 0 heterocycles. The fourth-order valence-corrected chi connectivity index (χ4v) is 3.56. The van der Waals surface area contributed by atoms with Gasteiger partial charge in [0.2, 0.25) is 0 Å². The Kier molecular flexibility index (Phi) is 7.90. The molecule has 130 valence electrons. The lowest BCUT2D eigenvalue weighted by atomic mass is 10.1. The van der Waals surface area contributed by atoms with Crippen molar-refractivity contribution in [3.8, 4) is 5.75 Å². The Morgan fingerprint density at radius 3 is 2.60 bits per heavy atom. The largest absolute Gasteiger partial charge is 0.489 e. The van der Waals surface area contributed by atoms with Crippen molar-refractivity contribution in [3.63, 3.8) is 0 Å². The molecule has 0 aromatic heterocycles. The summed E-state index contributed by atoms with van der Waals surface area (Å²) >= 11 is 7.81. The first-order valence-corrected chi connectivity index (χ1v) is 9.51. The number of rotatable bonds is 9. The van der Waals surface area contributed by atoms with E-state index in [9.17, 15) is 0 Å². The maximum Gasteiger partial charge on any atom is 0.120 e. The number of benzene rings is 2. The van der Waals surface area contributed by atoms with Gasteiger partial charge in [-0.1, -0.05) is 62.0 Å². The van der Waals surface area contributed by atoms with Gasteiger partial charge < -0.3 is 4.74 Å². The van der Waals surface area contributed by atoms with Gasteiger partial charge in [-0.05, 0) is 54.0 Å². The van der Waals surface area contributed by atoms with Crippen LogP contribution < -0.4 is 4.74 Å². The van der Waals surface area contributed by atoms with Crippen LogP contribution in [0.1, 0.15) is 24.2 Å². The molecule has 0 amide bonds. The summed E-state index contributed by atoms with van der Waals surface area (Å²) in [6.07, 6.45) is 6.47. The highest BCUT2D eigenvalue weighted by Crippen LogP contribution is 2.38. The molecule has 1 nitrogen and oxygen atoms in total. The Balaban J connectivity index is 2.09. The zero-order valence-corrected chi connectivity index (χ0v) is 16.0. The Hall–Kier alpha value is -1.90. The SMILES string of the molecule is C=CC=C(C=C)COc1cccc(C(CC)Sc2ccc(Cl)cc2)c1. The summed E-state index contributed by atoms with van der Waals surface area (Å²) in [5.41, 5.74) is 2.26. The van der Waals surface area contributed by atoms with Crippen molar-refractivity contribution >= 4 is 23.4 Å². The monoisotopic (exact) mass is 370 g/mol. The maximum atomic E-state index is 5.97. The van der Waals surface area contributed by atoms with Gasteiger partial charge in [0, 0.05) is 15.2 Å². The topological polar surface area (TPSA) is 9.23 Å². The van der Waals surface area contributed by atoms with Crippen molar-refractivity contribution in [2.75, 3.05) is 6.61 Å². The zero-order valence-electron chi connectivity index (χ0n) is 14.5. The van der Waals surface area contributed by atoms with Crippen LogP contribution in [0.4, 0.5) is 0 Å². The van der Waals surface area contributed by atoms with Crippen molar-refractivity contribution < 1.29 is 4.74 Å². The number of hydrogen-bond donors (Lipinski definition) is 0. The van der Waals surface area contributed by atoms with Crippen LogP contribution in [0.15, 0.2) is 90.4 Å². The predicted molar refractivity (Wildman–Crippen MR) is 111 cm³/mol. The number of halogens is 1. The molecule has 2 aromatic carbocycles. The van der Waals surface area contributed by atoms with Crippen LogP contribution in [0.2, 0.25) is 5.02 Å². The van der Waals surface area contributed by atoms with Gasteiger partial charge in [0.1, 0.15) is 12.4 Å². The summed E-state index contributed by atoms with van der Waals surface area (Å²) in [4.78, 5) is 1.21. The normalized spacial score (nSPS) is 12.5. The van der Waals surface area contributed by atoms with Gasteiger partial charge in [-0.3, -0.25) is 0 Å². The Morgan fingerprint density at radius 2 is 1.96 bits per heavy atom. The van der Waals surface area contributed by atoms with Crippen molar-refractivity contribution in [2.45, 2.75) is 23.5 Å². The van der Waals surface area contributed by atoms with E-state index >= 15 is 0 Å². The van der Waals surface area contributed by atoms with Gasteiger partial charge in [-0.25, -0.2) is 0 Å². The summed E-state index contributed by atoms with van der Waals surface area (Å²) in [5.74, 6) is 0.865. The van der Waals surface area contributed by atoms with E-state index in [1.165, 1.54) is 10.5 Å². The lowest BCUT2D eigenvalue weighted by Crippen LogP contribution is -2.00. The summed E-state index contributed by atoms with van der Waals surface area (Å²) in [6, 6.07) is 16.3. The van der Waals surface area contributed by atoms with Crippen LogP contribution in [0.25, 0.3) is 0 Å². The molecule has 0 spiro atoms. The van der Waals surface area contributed by atoms with E-state index in [1.807, 2.05) is 42.1 Å². The van der Waals surface area contributed by atoms with E-state index in [4.69, 9.17) is 16.3 Å². The fraction of sp³-hybridized carbons (Fsp3) is 0.182. The van der Waals surface area contributed by atoms with Crippen molar-refractivity contribution in [3.05, 3.63) is 96.1 Å². The molecule has 0 radical (unpaired) electrons. The van der Waals surface area contributed by atoms with Gasteiger partial charge in [-0.2, -0.15) is 0 Å². The molecule has 0 bridgehead atoms. The average Bonchev–Trinajstić information content (AvgIpc) is 2.65. The summed E-state index contributed by atoms with van der Waals surface area (Å²) in [5, 5.41) is 1.13. The van der Waals surface area contributed by atoms with E-state index in [0.29, 0.717) is 11.9 Å². The Bertz CT molecular complexity index is 734. The van der Waals surface area contributed by atoms with Gasteiger partial charge in [-0.15, -0.1) is 11.8 Å². The van der Waals surface area contributed by atoms with Crippen molar-refractivity contribution in [1.82, 2.24) is 0 Å². The molecular weight excluding hydrogens is 348 g/mol. The molecule has 1 unspecified atom stereocenters. The van der Waals surface area contributed by atoms with Crippen LogP contribution in [0.5, 0.6) is 5.75 Å². The highest BCUT2D eigenvalue weighted by molar-refractivity contribution is 7.99. The number of hydrogen-bond acceptors (Lipinski definition) is 2. The third kappa shape index (κ3) is 6.15. The number of ether oxygens (including phenoxy) is 1. The second-order valence-electron chi connectivity index (χ2n) is 5.51. The second-order valence-corrected chi connectivity index (χ2v) is 7.22. The molecule has 2 rings (SSSR count). The smallest absolute Gasteiger partial charge is 0.120 e. The third-order valence-electron chi connectivity index (χ3n) is 3.69. The Morgan fingerprint density at radius 1 is 1.20 bits per heavy atom. The molecule has 3 heteroatoms. The first kappa shape index (κ1) is 19.4. The first-order chi connectivity index (χ1) is 12.2. The third-order valence-corrected chi connectivity index (χ3v) is 5.38. The number of allylic oxidation sites excluding steroid dienone is 2. The minimum absolute atomic E-state index is 0.368. The summed E-state index contributed by atoms with van der Waals surface area (Å²) in [7, 11) is 0. The standard InChI is InChI=1S/C22H23ClOS/c1-4-8-17(5-2)16-24-20-10-7-9-18(15-20)22(6-3)25-21-13-11-19(23)12-14-21/h4-5,7-15,22H,1-2,6,16H2,3H3. The van der Waals surface area contributed by atoms with Crippen LogP contribution in [-0.4, -0.2) is 6.61 Å². The van der Waals surface area contributed by atoms with E-state index < -0.39 is 0 Å². The van der Waals surface area contributed by atoms with Gasteiger partial charge in [0.05, 0.1) is 0 Å². The van der Waals surface area contributed by atoms with Crippen LogP contribution >= 0.6 is 23.4 Å². The summed E-state index contributed by atoms with van der Waals surface area (Å²) in [6.45, 7) is 10.2. The molecule has 0 saturated carbocycles. The molecule has 2 aromatic rings. The molecule has 0 saturated heterocycles. The zero-order chi connectivity index (χ0) is 18.1. The van der Waals surface area contributed by atoms with Gasteiger partial charge in [0.15, 0.2) is 0 Å². The maximum absolute atomic E-state index is 5.97. The predicted octanol–water partition coefficient (Wildman–Crippen LogP) is 7.26. The quantitative estimate of drug-likeness (QED) is 0.339. The van der Waals surface area contributed by atoms with Crippen molar-refractivity contribution in [2.24, 2.45) is 0 Å². The molecule has 0 aliphatic rings. The minimum Gasteiger partial charge on any atom is -0.489 e. The minimum atomic E-state index is 0.368. The fourth-order valence-electron chi connectivity index (χ4n) is 2.36. The van der Waals surface area contributed by atoms with Gasteiger partial charge in [0.25, 0.3) is 0 Å². The molecule has 25 heavy (non-hydrogen) atoms. The Labute approximate surface area is 160 Å². The molecular formula is C22H23ClOS. The van der Waals surface area contributed by atoms with Gasteiger partial charge >= 0.3 is 0 Å². The van der Waals surface area contributed by atoms with E-state index in [1.54, 1.807) is 12.2 Å². The van der Waals surface area contributed by atoms with E-state index in [-0.39, 0.29) is 0 Å². The van der Waals surface area contributed by atoms with Crippen LogP contribution in [-0.2, 0) is 0 Å². The lowest BCUT2D eigenvalue weighted by molar-refractivity contribution is 0.355. The highest BCUT2D eigenvalue weighted by Gasteiger charge is 2.12. The second kappa shape index (κ2) is 10.2. The van der Waals surface area contributed by atoms with E-state index in [2.05, 4.69) is 44.3 Å². The summed E-state index contributed by atoms with van der Waals surface area (Å²) < 4.78 is 5.90. The van der Waals surface area contributed by atoms with E-state index in [0.717, 1.165) is 22.8 Å². The highest BCUT2D eigenvalue weighted by atomic mass is 35.5.